The van der Waals surface area contributed by atoms with Gasteiger partial charge in [-0.2, -0.15) is 0 Å². The Balaban J connectivity index is 2.14. The zero-order valence-electron chi connectivity index (χ0n) is 20.0. The van der Waals surface area contributed by atoms with Crippen molar-refractivity contribution in [1.29, 1.82) is 0 Å². The van der Waals surface area contributed by atoms with Gasteiger partial charge in [0.15, 0.2) is 0 Å². The number of aryl methyl sites for hydroxylation is 3. The standard InChI is InChI=1S/C28H32N2.ClH.Rh/c1-18(2)24-11-9-12-25(19(3)4)27(24)26-13-8-10-23-16-29(17-30(23)26)28-21(6)14-20(5)15-22(28)7;;/h8-16,18-19H,1-7H3;1H;/q;;+1/p-1. The summed E-state index contributed by atoms with van der Waals surface area (Å²) in [5, 5.41) is 0. The molecule has 0 radical (unpaired) electrons. The fourth-order valence-corrected chi connectivity index (χ4v) is 6.59. The van der Waals surface area contributed by atoms with Crippen molar-refractivity contribution < 1.29 is 15.7 Å². The molecule has 32 heavy (non-hydrogen) atoms. The van der Waals surface area contributed by atoms with Gasteiger partial charge in [-0.1, -0.05) is 0 Å². The number of hydrogen-bond donors (Lipinski definition) is 0. The predicted molar refractivity (Wildman–Crippen MR) is 134 cm³/mol. The van der Waals surface area contributed by atoms with E-state index in [-0.39, 0.29) is 15.7 Å². The van der Waals surface area contributed by atoms with Crippen LogP contribution in [0.25, 0.3) is 22.5 Å². The van der Waals surface area contributed by atoms with Gasteiger partial charge in [-0.3, -0.25) is 0 Å². The summed E-state index contributed by atoms with van der Waals surface area (Å²) in [7, 11) is 6.73. The quantitative estimate of drug-likeness (QED) is 0.233. The van der Waals surface area contributed by atoms with Crippen LogP contribution < -0.4 is 0 Å². The van der Waals surface area contributed by atoms with Gasteiger partial charge >= 0.3 is 204 Å². The van der Waals surface area contributed by atoms with Crippen molar-refractivity contribution in [3.63, 3.8) is 0 Å². The molecule has 4 rings (SSSR count). The van der Waals surface area contributed by atoms with Crippen molar-refractivity contribution in [2.24, 2.45) is 0 Å². The van der Waals surface area contributed by atoms with Gasteiger partial charge in [-0.05, 0) is 0 Å². The van der Waals surface area contributed by atoms with Crippen molar-refractivity contribution in [2.75, 3.05) is 0 Å². The SMILES string of the molecule is Cc1cc(C)c(-n2cc3cccc(-c4c(C(C)C)cccc4C(C)C)n3[c]2=[Rh][Cl])c(C)c1. The van der Waals surface area contributed by atoms with E-state index >= 15 is 0 Å². The Morgan fingerprint density at radius 3 is 1.91 bits per heavy atom. The van der Waals surface area contributed by atoms with Crippen LogP contribution in [0, 0.1) is 24.8 Å². The molecule has 0 spiro atoms. The summed E-state index contributed by atoms with van der Waals surface area (Å²) in [6.07, 6.45) is 2.25. The van der Waals surface area contributed by atoms with Crippen LogP contribution in [0.4, 0.5) is 0 Å². The fourth-order valence-electron chi connectivity index (χ4n) is 4.92. The molecular formula is C28H32ClN2Rh. The first kappa shape index (κ1) is 23.2. The van der Waals surface area contributed by atoms with Crippen LogP contribution in [0.2, 0.25) is 0 Å². The van der Waals surface area contributed by atoms with E-state index in [4.69, 9.17) is 9.69 Å². The van der Waals surface area contributed by atoms with Crippen molar-refractivity contribution in [3.8, 4) is 16.9 Å². The molecule has 0 unspecified atom stereocenters. The summed E-state index contributed by atoms with van der Waals surface area (Å²) < 4.78 is 5.87. The van der Waals surface area contributed by atoms with E-state index in [9.17, 15) is 0 Å². The second-order valence-corrected chi connectivity index (χ2v) is 11.1. The van der Waals surface area contributed by atoms with Crippen LogP contribution >= 0.6 is 9.69 Å². The Morgan fingerprint density at radius 1 is 0.812 bits per heavy atom. The van der Waals surface area contributed by atoms with Gasteiger partial charge in [0.05, 0.1) is 0 Å². The Hall–Kier alpha value is -1.96. The van der Waals surface area contributed by atoms with E-state index in [0.717, 1.165) is 4.01 Å². The molecule has 0 aliphatic rings. The molecular weight excluding hydrogens is 503 g/mol. The Morgan fingerprint density at radius 2 is 1.38 bits per heavy atom. The number of rotatable bonds is 4. The summed E-state index contributed by atoms with van der Waals surface area (Å²) in [6, 6.07) is 17.9. The number of hydrogen-bond acceptors (Lipinski definition) is 0. The summed E-state index contributed by atoms with van der Waals surface area (Å²) >= 11 is -0.288. The number of aromatic nitrogens is 2. The third kappa shape index (κ3) is 3.95. The second kappa shape index (κ2) is 9.12. The third-order valence-corrected chi connectivity index (χ3v) is 7.91. The zero-order chi connectivity index (χ0) is 23.2. The minimum absolute atomic E-state index is 0.288. The van der Waals surface area contributed by atoms with Crippen LogP contribution in [-0.2, 0) is 15.7 Å². The first-order valence-corrected chi connectivity index (χ1v) is 14.2. The number of nitrogens with zero attached hydrogens (tertiary/aromatic N) is 2. The Kier molecular flexibility index (Phi) is 6.62. The number of pyridine rings is 1. The molecule has 0 fully saturated rings. The molecule has 2 aromatic carbocycles. The molecule has 0 atom stereocenters. The van der Waals surface area contributed by atoms with E-state index < -0.39 is 0 Å². The van der Waals surface area contributed by atoms with Crippen molar-refractivity contribution in [1.82, 2.24) is 8.97 Å². The molecule has 0 N–H and O–H groups in total. The monoisotopic (exact) mass is 534 g/mol. The van der Waals surface area contributed by atoms with Gasteiger partial charge in [0, 0.05) is 0 Å². The van der Waals surface area contributed by atoms with Gasteiger partial charge in [0.2, 0.25) is 0 Å². The number of fused-ring (bicyclic) bond motifs is 1. The van der Waals surface area contributed by atoms with E-state index in [1.807, 2.05) is 0 Å². The van der Waals surface area contributed by atoms with Crippen molar-refractivity contribution in [3.05, 3.63) is 86.6 Å². The molecule has 0 aliphatic carbocycles. The normalized spacial score (nSPS) is 13.0. The first-order chi connectivity index (χ1) is 15.2. The molecule has 2 nitrogen and oxygen atoms in total. The molecule has 0 aliphatic heterocycles. The molecule has 4 aromatic rings. The topological polar surface area (TPSA) is 9.34 Å². The van der Waals surface area contributed by atoms with Gasteiger partial charge in [-0.25, -0.2) is 0 Å². The Labute approximate surface area is 203 Å². The summed E-state index contributed by atoms with van der Waals surface area (Å²) in [5.74, 6) is 0.878. The average molecular weight is 535 g/mol. The average Bonchev–Trinajstić information content (AvgIpc) is 3.10. The van der Waals surface area contributed by atoms with Gasteiger partial charge in [-0.15, -0.1) is 0 Å². The molecule has 0 saturated carbocycles. The van der Waals surface area contributed by atoms with Gasteiger partial charge in [0.1, 0.15) is 0 Å². The van der Waals surface area contributed by atoms with Crippen LogP contribution in [0.1, 0.15) is 67.3 Å². The van der Waals surface area contributed by atoms with Gasteiger partial charge < -0.3 is 0 Å². The van der Waals surface area contributed by atoms with Crippen molar-refractivity contribution in [2.45, 2.75) is 60.3 Å². The number of imidazole rings is 1. The summed E-state index contributed by atoms with van der Waals surface area (Å²) in [5.41, 5.74) is 11.6. The van der Waals surface area contributed by atoms with Crippen molar-refractivity contribution >= 4 is 15.2 Å². The maximum absolute atomic E-state index is 6.73. The number of halogens is 1. The van der Waals surface area contributed by atoms with Gasteiger partial charge in [0.25, 0.3) is 0 Å². The first-order valence-electron chi connectivity index (χ1n) is 11.2. The summed E-state index contributed by atoms with van der Waals surface area (Å²) in [4.78, 5) is 0. The fraction of sp³-hybridized carbons (Fsp3) is 0.321. The van der Waals surface area contributed by atoms with Crippen LogP contribution in [0.5, 0.6) is 0 Å². The third-order valence-electron chi connectivity index (χ3n) is 6.21. The predicted octanol–water partition coefficient (Wildman–Crippen LogP) is 8.34. The summed E-state index contributed by atoms with van der Waals surface area (Å²) in [6.45, 7) is 15.7. The number of benzene rings is 2. The minimum atomic E-state index is -0.288. The molecule has 170 valence electrons. The molecule has 2 heterocycles. The van der Waals surface area contributed by atoms with Crippen LogP contribution in [0.3, 0.4) is 0 Å². The van der Waals surface area contributed by atoms with E-state index in [1.54, 1.807) is 0 Å². The second-order valence-electron chi connectivity index (χ2n) is 9.35. The van der Waals surface area contributed by atoms with E-state index in [2.05, 4.69) is 112 Å². The molecule has 0 saturated heterocycles. The Bertz CT molecular complexity index is 1320. The maximum atomic E-state index is 6.73. The molecule has 2 aromatic heterocycles. The van der Waals surface area contributed by atoms with E-state index in [0.29, 0.717) is 11.8 Å². The molecule has 0 bridgehead atoms. The molecule has 4 heteroatoms. The van der Waals surface area contributed by atoms with Crippen LogP contribution in [0.15, 0.2) is 54.7 Å². The zero-order valence-corrected chi connectivity index (χ0v) is 22.4. The molecule has 0 amide bonds. The van der Waals surface area contributed by atoms with E-state index in [1.165, 1.54) is 50.3 Å². The van der Waals surface area contributed by atoms with Crippen LogP contribution in [-0.4, -0.2) is 8.97 Å².